The Hall–Kier alpha value is -2.96. The van der Waals surface area contributed by atoms with Crippen molar-refractivity contribution in [3.63, 3.8) is 0 Å². The van der Waals surface area contributed by atoms with E-state index < -0.39 is 0 Å². The lowest BCUT2D eigenvalue weighted by Crippen LogP contribution is -2.41. The third-order valence-corrected chi connectivity index (χ3v) is 6.47. The Morgan fingerprint density at radius 3 is 2.73 bits per heavy atom. The number of piperidine rings is 1. The Morgan fingerprint density at radius 1 is 1.06 bits per heavy atom. The molecule has 2 atom stereocenters. The Kier molecular flexibility index (Phi) is 6.29. The standard InChI is InChI=1S/C26H29ClN6/c1-17-10-18(2)15-33(14-17)9-8-28-21-12-24-22(29-13-21)6-7-23(32-24)26-25(30-16-31-26)19-4-3-5-20(27)11-19/h3-7,11-13,16-18,28H,8-10,14-15H2,1-2H3,(H,30,31)/t17-,18+. The predicted molar refractivity (Wildman–Crippen MR) is 135 cm³/mol. The lowest BCUT2D eigenvalue weighted by molar-refractivity contribution is 0.146. The van der Waals surface area contributed by atoms with Crippen LogP contribution in [0.5, 0.6) is 0 Å². The second-order valence-corrected chi connectivity index (χ2v) is 9.66. The van der Waals surface area contributed by atoms with Gasteiger partial charge >= 0.3 is 0 Å². The second kappa shape index (κ2) is 9.49. The van der Waals surface area contributed by atoms with Gasteiger partial charge in [-0.15, -0.1) is 0 Å². The molecular formula is C26H29ClN6. The number of hydrogen-bond donors (Lipinski definition) is 2. The number of likely N-dealkylation sites (tertiary alicyclic amines) is 1. The van der Waals surface area contributed by atoms with Crippen molar-refractivity contribution in [2.45, 2.75) is 20.3 Å². The third kappa shape index (κ3) is 5.02. The van der Waals surface area contributed by atoms with Crippen LogP contribution in [-0.2, 0) is 0 Å². The summed E-state index contributed by atoms with van der Waals surface area (Å²) in [5.74, 6) is 1.55. The molecule has 2 N–H and O–H groups in total. The molecule has 1 aliphatic rings. The zero-order valence-corrected chi connectivity index (χ0v) is 19.8. The molecule has 0 spiro atoms. The van der Waals surface area contributed by atoms with E-state index in [1.165, 1.54) is 19.5 Å². The van der Waals surface area contributed by atoms with Crippen molar-refractivity contribution in [3.8, 4) is 22.6 Å². The number of fused-ring (bicyclic) bond motifs is 1. The van der Waals surface area contributed by atoms with Gasteiger partial charge in [0.2, 0.25) is 0 Å². The van der Waals surface area contributed by atoms with Crippen molar-refractivity contribution < 1.29 is 0 Å². The first kappa shape index (κ1) is 21.9. The molecule has 0 saturated carbocycles. The number of benzene rings is 1. The van der Waals surface area contributed by atoms with Gasteiger partial charge in [0.25, 0.3) is 0 Å². The average molecular weight is 461 g/mol. The van der Waals surface area contributed by atoms with Crippen molar-refractivity contribution >= 4 is 28.3 Å². The highest BCUT2D eigenvalue weighted by Crippen LogP contribution is 2.30. The monoisotopic (exact) mass is 460 g/mol. The summed E-state index contributed by atoms with van der Waals surface area (Å²) in [6.45, 7) is 9.01. The first-order chi connectivity index (χ1) is 16.0. The van der Waals surface area contributed by atoms with Gasteiger partial charge in [0.05, 0.1) is 46.3 Å². The van der Waals surface area contributed by atoms with Crippen molar-refractivity contribution in [1.29, 1.82) is 0 Å². The van der Waals surface area contributed by atoms with Gasteiger partial charge in [-0.05, 0) is 48.6 Å². The van der Waals surface area contributed by atoms with Crippen LogP contribution in [-0.4, -0.2) is 51.0 Å². The number of imidazole rings is 1. The summed E-state index contributed by atoms with van der Waals surface area (Å²) < 4.78 is 0. The quantitative estimate of drug-likeness (QED) is 0.384. The summed E-state index contributed by atoms with van der Waals surface area (Å²) in [5, 5.41) is 4.21. The van der Waals surface area contributed by atoms with Crippen molar-refractivity contribution in [3.05, 3.63) is 60.0 Å². The smallest absolute Gasteiger partial charge is 0.0977 e. The molecule has 3 aromatic heterocycles. The number of aromatic amines is 1. The molecule has 0 radical (unpaired) electrons. The largest absolute Gasteiger partial charge is 0.382 e. The van der Waals surface area contributed by atoms with E-state index in [-0.39, 0.29) is 0 Å². The van der Waals surface area contributed by atoms with Crippen LogP contribution in [0.4, 0.5) is 5.69 Å². The fourth-order valence-electron chi connectivity index (χ4n) is 4.92. The minimum Gasteiger partial charge on any atom is -0.382 e. The summed E-state index contributed by atoms with van der Waals surface area (Å²) in [6, 6.07) is 13.7. The van der Waals surface area contributed by atoms with Gasteiger partial charge in [-0.1, -0.05) is 37.6 Å². The Bertz CT molecular complexity index is 1240. The van der Waals surface area contributed by atoms with Crippen LogP contribution in [0.1, 0.15) is 20.3 Å². The number of rotatable bonds is 6. The highest BCUT2D eigenvalue weighted by Gasteiger charge is 2.21. The van der Waals surface area contributed by atoms with Gasteiger partial charge < -0.3 is 15.2 Å². The number of hydrogen-bond acceptors (Lipinski definition) is 5. The van der Waals surface area contributed by atoms with Crippen molar-refractivity contribution in [1.82, 2.24) is 24.8 Å². The van der Waals surface area contributed by atoms with Crippen LogP contribution in [0, 0.1) is 11.8 Å². The molecule has 0 aliphatic carbocycles. The minimum absolute atomic E-state index is 0.682. The maximum absolute atomic E-state index is 6.19. The number of halogens is 1. The highest BCUT2D eigenvalue weighted by molar-refractivity contribution is 6.30. The number of aromatic nitrogens is 4. The fraction of sp³-hybridized carbons (Fsp3) is 0.346. The Balaban J connectivity index is 1.33. The van der Waals surface area contributed by atoms with Crippen LogP contribution >= 0.6 is 11.6 Å². The van der Waals surface area contributed by atoms with Crippen molar-refractivity contribution in [2.24, 2.45) is 11.8 Å². The number of nitrogens with one attached hydrogen (secondary N) is 2. The van der Waals surface area contributed by atoms with Crippen LogP contribution in [0.25, 0.3) is 33.7 Å². The van der Waals surface area contributed by atoms with Crippen LogP contribution in [0.15, 0.2) is 55.0 Å². The molecule has 1 saturated heterocycles. The fourth-order valence-corrected chi connectivity index (χ4v) is 5.11. The molecule has 4 heterocycles. The topological polar surface area (TPSA) is 69.7 Å². The van der Waals surface area contributed by atoms with Gasteiger partial charge in [0.15, 0.2) is 0 Å². The van der Waals surface area contributed by atoms with Gasteiger partial charge in [-0.2, -0.15) is 0 Å². The predicted octanol–water partition coefficient (Wildman–Crippen LogP) is 5.73. The lowest BCUT2D eigenvalue weighted by Gasteiger charge is -2.35. The summed E-state index contributed by atoms with van der Waals surface area (Å²) in [7, 11) is 0. The molecule has 7 heteroatoms. The first-order valence-electron chi connectivity index (χ1n) is 11.6. The van der Waals surface area contributed by atoms with E-state index in [4.69, 9.17) is 16.6 Å². The van der Waals surface area contributed by atoms with Crippen LogP contribution in [0.2, 0.25) is 5.02 Å². The molecule has 170 valence electrons. The molecule has 1 aromatic carbocycles. The molecule has 0 unspecified atom stereocenters. The van der Waals surface area contributed by atoms with E-state index in [0.29, 0.717) is 5.02 Å². The van der Waals surface area contributed by atoms with Gasteiger partial charge in [0, 0.05) is 36.8 Å². The van der Waals surface area contributed by atoms with E-state index in [1.54, 1.807) is 6.33 Å². The molecule has 0 bridgehead atoms. The summed E-state index contributed by atoms with van der Waals surface area (Å²) >= 11 is 6.19. The van der Waals surface area contributed by atoms with E-state index in [9.17, 15) is 0 Å². The van der Waals surface area contributed by atoms with E-state index in [2.05, 4.69) is 45.1 Å². The molecule has 4 aromatic rings. The lowest BCUT2D eigenvalue weighted by atomic mass is 9.92. The summed E-state index contributed by atoms with van der Waals surface area (Å²) in [5.41, 5.74) is 6.18. The maximum atomic E-state index is 6.19. The zero-order valence-electron chi connectivity index (χ0n) is 19.1. The van der Waals surface area contributed by atoms with E-state index >= 15 is 0 Å². The number of H-pyrrole nitrogens is 1. The molecule has 0 amide bonds. The zero-order chi connectivity index (χ0) is 22.8. The summed E-state index contributed by atoms with van der Waals surface area (Å²) in [6.07, 6.45) is 4.91. The average Bonchev–Trinajstić information content (AvgIpc) is 3.28. The molecule has 5 rings (SSSR count). The number of anilines is 1. The molecule has 1 aliphatic heterocycles. The van der Waals surface area contributed by atoms with Crippen LogP contribution in [0.3, 0.4) is 0 Å². The highest BCUT2D eigenvalue weighted by atomic mass is 35.5. The molecular weight excluding hydrogens is 432 g/mol. The Morgan fingerprint density at radius 2 is 1.91 bits per heavy atom. The maximum Gasteiger partial charge on any atom is 0.0977 e. The number of pyridine rings is 2. The third-order valence-electron chi connectivity index (χ3n) is 6.23. The van der Waals surface area contributed by atoms with Crippen molar-refractivity contribution in [2.75, 3.05) is 31.5 Å². The first-order valence-corrected chi connectivity index (χ1v) is 12.0. The van der Waals surface area contributed by atoms with Gasteiger partial charge in [0.1, 0.15) is 0 Å². The normalized spacial score (nSPS) is 19.1. The SMILES string of the molecule is C[C@@H]1C[C@H](C)CN(CCNc2cnc3ccc(-c4[nH]cnc4-c4cccc(Cl)c4)nc3c2)C1. The van der Waals surface area contributed by atoms with E-state index in [0.717, 1.165) is 64.3 Å². The summed E-state index contributed by atoms with van der Waals surface area (Å²) in [4.78, 5) is 19.8. The minimum atomic E-state index is 0.682. The molecule has 6 nitrogen and oxygen atoms in total. The van der Waals surface area contributed by atoms with Gasteiger partial charge in [-0.25, -0.2) is 9.97 Å². The van der Waals surface area contributed by atoms with Crippen LogP contribution < -0.4 is 5.32 Å². The molecule has 33 heavy (non-hydrogen) atoms. The van der Waals surface area contributed by atoms with Gasteiger partial charge in [-0.3, -0.25) is 4.98 Å². The second-order valence-electron chi connectivity index (χ2n) is 9.23. The van der Waals surface area contributed by atoms with E-state index in [1.807, 2.05) is 42.6 Å². The Labute approximate surface area is 199 Å². The number of nitrogens with zero attached hydrogens (tertiary/aromatic N) is 4. The molecule has 1 fully saturated rings.